The van der Waals surface area contributed by atoms with Gasteiger partial charge in [0, 0.05) is 49.9 Å². The van der Waals surface area contributed by atoms with Gasteiger partial charge in [-0.1, -0.05) is 48.5 Å². The minimum absolute atomic E-state index is 0.136. The van der Waals surface area contributed by atoms with Crippen molar-refractivity contribution in [2.75, 3.05) is 39.4 Å². The molecular weight excluding hydrogens is 600 g/mol. The van der Waals surface area contributed by atoms with Gasteiger partial charge in [0.05, 0.1) is 13.2 Å². The first kappa shape index (κ1) is 32.0. The summed E-state index contributed by atoms with van der Waals surface area (Å²) in [5.74, 6) is 1.57. The maximum absolute atomic E-state index is 13.0. The van der Waals surface area contributed by atoms with Crippen LogP contribution in [0.2, 0.25) is 0 Å². The third kappa shape index (κ3) is 7.75. The number of ether oxygens (including phenoxy) is 2. The lowest BCUT2D eigenvalue weighted by Gasteiger charge is -2.28. The molecule has 0 atom stereocenters. The number of hydrogen-bond acceptors (Lipinski definition) is 7. The van der Waals surface area contributed by atoms with Gasteiger partial charge in [0.1, 0.15) is 34.0 Å². The molecule has 4 aromatic carbocycles. The summed E-state index contributed by atoms with van der Waals surface area (Å²) in [7, 11) is 0. The van der Waals surface area contributed by atoms with E-state index >= 15 is 0 Å². The molecule has 0 spiro atoms. The Morgan fingerprint density at radius 2 is 1.21 bits per heavy atom. The molecule has 0 bridgehead atoms. The average Bonchev–Trinajstić information content (AvgIpc) is 3.11. The molecule has 0 unspecified atom stereocenters. The van der Waals surface area contributed by atoms with Gasteiger partial charge in [-0.2, -0.15) is 0 Å². The zero-order valence-electron chi connectivity index (χ0n) is 27.5. The molecule has 3 heterocycles. The Morgan fingerprint density at radius 1 is 0.646 bits per heavy atom. The van der Waals surface area contributed by atoms with Gasteiger partial charge in [0.2, 0.25) is 0 Å². The Labute approximate surface area is 282 Å². The predicted molar refractivity (Wildman–Crippen MR) is 190 cm³/mol. The van der Waals surface area contributed by atoms with E-state index in [1.165, 1.54) is 34.4 Å². The largest absolute Gasteiger partial charge is 0.507 e. The summed E-state index contributed by atoms with van der Waals surface area (Å²) in [5, 5.41) is 10.8. The highest BCUT2D eigenvalue weighted by atomic mass is 16.5. The molecule has 0 aliphatic carbocycles. The molecule has 2 aliphatic rings. The Bertz CT molecular complexity index is 1900. The number of aromatic hydroxyl groups is 1. The lowest BCUT2D eigenvalue weighted by Crippen LogP contribution is -2.31. The third-order valence-corrected chi connectivity index (χ3v) is 9.62. The van der Waals surface area contributed by atoms with Crippen molar-refractivity contribution in [3.05, 3.63) is 123 Å². The molecule has 7 rings (SSSR count). The highest BCUT2D eigenvalue weighted by Crippen LogP contribution is 2.32. The molecule has 0 saturated carbocycles. The quantitative estimate of drug-likeness (QED) is 0.132. The van der Waals surface area contributed by atoms with Gasteiger partial charge < -0.3 is 19.0 Å². The van der Waals surface area contributed by atoms with Crippen molar-refractivity contribution in [3.8, 4) is 28.6 Å². The number of nitrogens with zero attached hydrogens (tertiary/aromatic N) is 2. The summed E-state index contributed by atoms with van der Waals surface area (Å²) in [6.45, 7) is 7.52. The van der Waals surface area contributed by atoms with E-state index in [0.29, 0.717) is 30.3 Å². The minimum Gasteiger partial charge on any atom is -0.507 e. The van der Waals surface area contributed by atoms with Gasteiger partial charge in [-0.25, -0.2) is 0 Å². The first-order valence-corrected chi connectivity index (χ1v) is 17.3. The standard InChI is InChI=1S/C41H44N2O5/c44-37-25-36(47-24-8-6-20-43-22-18-31-10-2-4-12-34(31)29-43)26-40-41(37)38(45)27-39(48-40)32-13-15-35(16-14-32)46-23-7-5-19-42-21-17-30-9-1-3-11-33(30)28-42/h1-4,9-16,25-27,44H,5-8,17-24,28-29H2. The van der Waals surface area contributed by atoms with E-state index in [0.717, 1.165) is 89.1 Å². The second kappa shape index (κ2) is 15.1. The fourth-order valence-electron chi connectivity index (χ4n) is 6.93. The predicted octanol–water partition coefficient (Wildman–Crippen LogP) is 7.60. The number of benzene rings is 4. The monoisotopic (exact) mass is 644 g/mol. The van der Waals surface area contributed by atoms with E-state index in [2.05, 4.69) is 58.3 Å². The molecule has 48 heavy (non-hydrogen) atoms. The molecule has 1 aromatic heterocycles. The third-order valence-electron chi connectivity index (χ3n) is 9.62. The molecular formula is C41H44N2O5. The molecule has 7 heteroatoms. The van der Waals surface area contributed by atoms with Crippen molar-refractivity contribution >= 4 is 11.0 Å². The molecule has 1 N–H and O–H groups in total. The van der Waals surface area contributed by atoms with Gasteiger partial charge in [-0.15, -0.1) is 0 Å². The van der Waals surface area contributed by atoms with Gasteiger partial charge in [-0.3, -0.25) is 14.6 Å². The summed E-state index contributed by atoms with van der Waals surface area (Å²) >= 11 is 0. The maximum atomic E-state index is 13.0. The average molecular weight is 645 g/mol. The Kier molecular flexibility index (Phi) is 10.1. The molecule has 0 fully saturated rings. The fourth-order valence-corrected chi connectivity index (χ4v) is 6.93. The van der Waals surface area contributed by atoms with E-state index in [-0.39, 0.29) is 16.6 Å². The number of rotatable bonds is 13. The van der Waals surface area contributed by atoms with Gasteiger partial charge >= 0.3 is 0 Å². The highest BCUT2D eigenvalue weighted by molar-refractivity contribution is 5.86. The highest BCUT2D eigenvalue weighted by Gasteiger charge is 2.17. The van der Waals surface area contributed by atoms with Crippen LogP contribution in [0.25, 0.3) is 22.3 Å². The second-order valence-electron chi connectivity index (χ2n) is 13.0. The second-order valence-corrected chi connectivity index (χ2v) is 13.0. The van der Waals surface area contributed by atoms with Crippen LogP contribution in [0.15, 0.2) is 100 Å². The van der Waals surface area contributed by atoms with Crippen molar-refractivity contribution < 1.29 is 19.0 Å². The van der Waals surface area contributed by atoms with Gasteiger partial charge in [0.25, 0.3) is 0 Å². The number of phenolic OH excluding ortho intramolecular Hbond substituents is 1. The molecule has 5 aromatic rings. The summed E-state index contributed by atoms with van der Waals surface area (Å²) in [6.07, 6.45) is 6.22. The topological polar surface area (TPSA) is 75.4 Å². The van der Waals surface area contributed by atoms with Gasteiger partial charge in [-0.05, 0) is 98.1 Å². The van der Waals surface area contributed by atoms with Crippen molar-refractivity contribution in [2.45, 2.75) is 51.6 Å². The van der Waals surface area contributed by atoms with Crippen LogP contribution in [0.5, 0.6) is 17.2 Å². The van der Waals surface area contributed by atoms with Crippen LogP contribution >= 0.6 is 0 Å². The Hall–Kier alpha value is -4.59. The van der Waals surface area contributed by atoms with E-state index in [4.69, 9.17) is 13.9 Å². The first-order valence-electron chi connectivity index (χ1n) is 17.3. The molecule has 7 nitrogen and oxygen atoms in total. The maximum Gasteiger partial charge on any atom is 0.197 e. The van der Waals surface area contributed by atoms with Crippen LogP contribution in [0.3, 0.4) is 0 Å². The van der Waals surface area contributed by atoms with Crippen molar-refractivity contribution in [1.82, 2.24) is 9.80 Å². The molecule has 0 amide bonds. The SMILES string of the molecule is O=c1cc(-c2ccc(OCCCCN3CCc4ccccc4C3)cc2)oc2cc(OCCCCN3CCc4ccccc4C3)cc(O)c12. The number of phenols is 1. The first-order chi connectivity index (χ1) is 23.6. The summed E-state index contributed by atoms with van der Waals surface area (Å²) in [4.78, 5) is 18.0. The van der Waals surface area contributed by atoms with Crippen LogP contribution in [-0.2, 0) is 25.9 Å². The Morgan fingerprint density at radius 3 is 1.81 bits per heavy atom. The molecule has 248 valence electrons. The zero-order chi connectivity index (χ0) is 32.7. The van der Waals surface area contributed by atoms with E-state index in [9.17, 15) is 9.90 Å². The normalized spacial score (nSPS) is 14.8. The van der Waals surface area contributed by atoms with Crippen molar-refractivity contribution in [1.29, 1.82) is 0 Å². The van der Waals surface area contributed by atoms with E-state index < -0.39 is 0 Å². The molecule has 0 saturated heterocycles. The van der Waals surface area contributed by atoms with E-state index in [1.807, 2.05) is 24.3 Å². The number of fused-ring (bicyclic) bond motifs is 3. The smallest absolute Gasteiger partial charge is 0.197 e. The molecule has 0 radical (unpaired) electrons. The van der Waals surface area contributed by atoms with Gasteiger partial charge in [0.15, 0.2) is 5.43 Å². The fraction of sp³-hybridized carbons (Fsp3) is 0.341. The molecule has 2 aliphatic heterocycles. The lowest BCUT2D eigenvalue weighted by molar-refractivity contribution is 0.235. The van der Waals surface area contributed by atoms with E-state index in [1.54, 1.807) is 6.07 Å². The summed E-state index contributed by atoms with van der Waals surface area (Å²) in [6, 6.07) is 29.7. The van der Waals surface area contributed by atoms with Crippen LogP contribution in [0, 0.1) is 0 Å². The van der Waals surface area contributed by atoms with Crippen molar-refractivity contribution in [2.24, 2.45) is 0 Å². The van der Waals surface area contributed by atoms with Crippen molar-refractivity contribution in [3.63, 3.8) is 0 Å². The van der Waals surface area contributed by atoms with Crippen LogP contribution in [0.4, 0.5) is 0 Å². The summed E-state index contributed by atoms with van der Waals surface area (Å²) < 4.78 is 18.1. The zero-order valence-corrected chi connectivity index (χ0v) is 27.5. The summed E-state index contributed by atoms with van der Waals surface area (Å²) in [5.41, 5.74) is 6.60. The number of unbranched alkanes of at least 4 members (excludes halogenated alkanes) is 2. The minimum atomic E-state index is -0.295. The number of hydrogen-bond donors (Lipinski definition) is 1. The van der Waals surface area contributed by atoms with Crippen LogP contribution in [0.1, 0.15) is 47.9 Å². The lowest BCUT2D eigenvalue weighted by atomic mass is 10.00. The van der Waals surface area contributed by atoms with Crippen LogP contribution < -0.4 is 14.9 Å². The van der Waals surface area contributed by atoms with Crippen LogP contribution in [-0.4, -0.2) is 54.3 Å². The Balaban J connectivity index is 0.882.